The maximum absolute atomic E-state index is 11.9. The van der Waals surface area contributed by atoms with Gasteiger partial charge in [-0.25, -0.2) is 0 Å². The summed E-state index contributed by atoms with van der Waals surface area (Å²) >= 11 is 0. The second-order valence-electron chi connectivity index (χ2n) is 5.27. The monoisotopic (exact) mass is 300 g/mol. The maximum Gasteiger partial charge on any atom is 0.314 e. The zero-order valence-electron chi connectivity index (χ0n) is 13.0. The first-order valence-corrected chi connectivity index (χ1v) is 7.24. The number of aryl methyl sites for hydroxylation is 1. The van der Waals surface area contributed by atoms with Gasteiger partial charge in [0.25, 0.3) is 0 Å². The molecule has 2 N–H and O–H groups in total. The van der Waals surface area contributed by atoms with Crippen LogP contribution in [0.4, 0.5) is 11.4 Å². The average molecular weight is 300 g/mol. The van der Waals surface area contributed by atoms with E-state index in [1.165, 1.54) is 6.20 Å². The summed E-state index contributed by atoms with van der Waals surface area (Å²) in [7, 11) is 0. The number of rotatable bonds is 4. The van der Waals surface area contributed by atoms with Crippen molar-refractivity contribution in [1.29, 1.82) is 0 Å². The Kier molecular flexibility index (Phi) is 4.93. The molecule has 2 aromatic rings. The fourth-order valence-electron chi connectivity index (χ4n) is 1.95. The normalized spacial score (nSPS) is 10.5. The Bertz CT molecular complexity index is 676. The van der Waals surface area contributed by atoms with Gasteiger partial charge in [0.05, 0.1) is 11.9 Å². The van der Waals surface area contributed by atoms with Crippen LogP contribution >= 0.6 is 0 Å². The van der Waals surface area contributed by atoms with E-state index in [0.29, 0.717) is 23.8 Å². The Morgan fingerprint density at radius 2 is 1.86 bits per heavy atom. The first-order valence-electron chi connectivity index (χ1n) is 7.24. The largest absolute Gasteiger partial charge is 0.318 e. The van der Waals surface area contributed by atoms with E-state index in [1.807, 2.05) is 25.1 Å². The summed E-state index contributed by atoms with van der Waals surface area (Å²) in [6.45, 7) is 6.77. The van der Waals surface area contributed by atoms with Crippen LogP contribution in [-0.4, -0.2) is 21.6 Å². The molecule has 2 amide bonds. The molecule has 116 valence electrons. The van der Waals surface area contributed by atoms with E-state index in [4.69, 9.17) is 0 Å². The van der Waals surface area contributed by atoms with Crippen molar-refractivity contribution in [3.8, 4) is 0 Å². The summed E-state index contributed by atoms with van der Waals surface area (Å²) in [5.41, 5.74) is 2.20. The highest BCUT2D eigenvalue weighted by atomic mass is 16.2. The lowest BCUT2D eigenvalue weighted by atomic mass is 10.0. The van der Waals surface area contributed by atoms with Crippen molar-refractivity contribution in [2.24, 2.45) is 0 Å². The van der Waals surface area contributed by atoms with Gasteiger partial charge in [-0.3, -0.25) is 14.3 Å². The van der Waals surface area contributed by atoms with Crippen LogP contribution in [0, 0.1) is 0 Å². The molecule has 0 aliphatic heterocycles. The van der Waals surface area contributed by atoms with Gasteiger partial charge in [-0.05, 0) is 30.5 Å². The quantitative estimate of drug-likeness (QED) is 0.852. The molecule has 6 nitrogen and oxygen atoms in total. The summed E-state index contributed by atoms with van der Waals surface area (Å²) in [6.07, 6.45) is 3.18. The number of nitrogens with one attached hydrogen (secondary N) is 2. The molecule has 0 fully saturated rings. The van der Waals surface area contributed by atoms with Gasteiger partial charge < -0.3 is 10.6 Å². The Labute approximate surface area is 129 Å². The van der Waals surface area contributed by atoms with Crippen LogP contribution in [0.25, 0.3) is 0 Å². The first kappa shape index (κ1) is 15.8. The maximum atomic E-state index is 11.9. The van der Waals surface area contributed by atoms with Crippen molar-refractivity contribution in [3.05, 3.63) is 42.2 Å². The highest BCUT2D eigenvalue weighted by Gasteiger charge is 2.15. The molecule has 0 saturated carbocycles. The van der Waals surface area contributed by atoms with Gasteiger partial charge in [0, 0.05) is 18.4 Å². The predicted octanol–water partition coefficient (Wildman–Crippen LogP) is 2.60. The van der Waals surface area contributed by atoms with Gasteiger partial charge in [-0.1, -0.05) is 26.0 Å². The number of nitrogens with zero attached hydrogens (tertiary/aromatic N) is 2. The van der Waals surface area contributed by atoms with Crippen LogP contribution in [-0.2, 0) is 16.1 Å². The lowest BCUT2D eigenvalue weighted by molar-refractivity contribution is -0.132. The summed E-state index contributed by atoms with van der Waals surface area (Å²) < 4.78 is 1.67. The van der Waals surface area contributed by atoms with Gasteiger partial charge in [0.2, 0.25) is 0 Å². The van der Waals surface area contributed by atoms with Crippen molar-refractivity contribution < 1.29 is 9.59 Å². The minimum absolute atomic E-state index is 0.352. The molecule has 1 heterocycles. The molecule has 1 aromatic carbocycles. The predicted molar refractivity (Wildman–Crippen MR) is 85.7 cm³/mol. The number of hydrogen-bond acceptors (Lipinski definition) is 3. The zero-order chi connectivity index (χ0) is 16.1. The molecule has 0 atom stereocenters. The third kappa shape index (κ3) is 3.94. The van der Waals surface area contributed by atoms with E-state index in [1.54, 1.807) is 16.9 Å². The van der Waals surface area contributed by atoms with Crippen LogP contribution < -0.4 is 10.6 Å². The van der Waals surface area contributed by atoms with Gasteiger partial charge in [-0.15, -0.1) is 0 Å². The second-order valence-corrected chi connectivity index (χ2v) is 5.27. The van der Waals surface area contributed by atoms with E-state index < -0.39 is 11.8 Å². The molecule has 2 rings (SSSR count). The van der Waals surface area contributed by atoms with E-state index in [9.17, 15) is 9.59 Å². The third-order valence-electron chi connectivity index (χ3n) is 3.23. The number of anilines is 2. The highest BCUT2D eigenvalue weighted by molar-refractivity contribution is 6.43. The van der Waals surface area contributed by atoms with E-state index in [2.05, 4.69) is 29.6 Å². The fraction of sp³-hybridized carbons (Fsp3) is 0.312. The van der Waals surface area contributed by atoms with Gasteiger partial charge in [0.15, 0.2) is 0 Å². The number of carbonyl (C=O) groups is 2. The smallest absolute Gasteiger partial charge is 0.314 e. The SMILES string of the molecule is CCn1cc(NC(=O)C(=O)Nc2cccc(C(C)C)c2)cn1. The van der Waals surface area contributed by atoms with E-state index in [0.717, 1.165) is 5.56 Å². The topological polar surface area (TPSA) is 76.0 Å². The van der Waals surface area contributed by atoms with Crippen molar-refractivity contribution in [2.75, 3.05) is 10.6 Å². The van der Waals surface area contributed by atoms with E-state index in [-0.39, 0.29) is 0 Å². The molecule has 0 unspecified atom stereocenters. The number of benzene rings is 1. The summed E-state index contributed by atoms with van der Waals surface area (Å²) in [5, 5.41) is 9.15. The minimum Gasteiger partial charge on any atom is -0.318 e. The summed E-state index contributed by atoms with van der Waals surface area (Å²) in [4.78, 5) is 23.8. The van der Waals surface area contributed by atoms with Gasteiger partial charge in [0.1, 0.15) is 0 Å². The molecule has 0 spiro atoms. The van der Waals surface area contributed by atoms with Crippen LogP contribution in [0.15, 0.2) is 36.7 Å². The Morgan fingerprint density at radius 3 is 2.45 bits per heavy atom. The van der Waals surface area contributed by atoms with Crippen LogP contribution in [0.2, 0.25) is 0 Å². The lowest BCUT2D eigenvalue weighted by Gasteiger charge is -2.09. The molecular formula is C16H20N4O2. The molecule has 0 aliphatic carbocycles. The third-order valence-corrected chi connectivity index (χ3v) is 3.23. The number of hydrogen-bond donors (Lipinski definition) is 2. The summed E-state index contributed by atoms with van der Waals surface area (Å²) in [6, 6.07) is 7.46. The van der Waals surface area contributed by atoms with E-state index >= 15 is 0 Å². The van der Waals surface area contributed by atoms with Crippen molar-refractivity contribution >= 4 is 23.2 Å². The first-order chi connectivity index (χ1) is 10.5. The Balaban J connectivity index is 1.99. The molecule has 0 radical (unpaired) electrons. The lowest BCUT2D eigenvalue weighted by Crippen LogP contribution is -2.29. The fourth-order valence-corrected chi connectivity index (χ4v) is 1.95. The van der Waals surface area contributed by atoms with Crippen LogP contribution in [0.3, 0.4) is 0 Å². The second kappa shape index (κ2) is 6.89. The average Bonchev–Trinajstić information content (AvgIpc) is 2.95. The molecule has 22 heavy (non-hydrogen) atoms. The highest BCUT2D eigenvalue weighted by Crippen LogP contribution is 2.18. The molecular weight excluding hydrogens is 280 g/mol. The Hall–Kier alpha value is -2.63. The Morgan fingerprint density at radius 1 is 1.18 bits per heavy atom. The number of carbonyl (C=O) groups excluding carboxylic acids is 2. The van der Waals surface area contributed by atoms with Gasteiger partial charge >= 0.3 is 11.8 Å². The summed E-state index contributed by atoms with van der Waals surface area (Å²) in [5.74, 6) is -1.07. The number of amides is 2. The standard InChI is InChI=1S/C16H20N4O2/c1-4-20-10-14(9-17-20)19-16(22)15(21)18-13-7-5-6-12(8-13)11(2)3/h5-11H,4H2,1-3H3,(H,18,21)(H,19,22). The number of aromatic nitrogens is 2. The minimum atomic E-state index is -0.717. The molecule has 0 saturated heterocycles. The molecule has 0 bridgehead atoms. The molecule has 1 aromatic heterocycles. The van der Waals surface area contributed by atoms with Crippen molar-refractivity contribution in [2.45, 2.75) is 33.2 Å². The zero-order valence-corrected chi connectivity index (χ0v) is 13.0. The van der Waals surface area contributed by atoms with Gasteiger partial charge in [-0.2, -0.15) is 5.10 Å². The van der Waals surface area contributed by atoms with Crippen molar-refractivity contribution in [1.82, 2.24) is 9.78 Å². The molecule has 6 heteroatoms. The van der Waals surface area contributed by atoms with Crippen LogP contribution in [0.1, 0.15) is 32.3 Å². The van der Waals surface area contributed by atoms with Crippen LogP contribution in [0.5, 0.6) is 0 Å². The van der Waals surface area contributed by atoms with Crippen molar-refractivity contribution in [3.63, 3.8) is 0 Å². The molecule has 0 aliphatic rings.